The molecule has 0 aromatic rings. The molecule has 22 heavy (non-hydrogen) atoms. The van der Waals surface area contributed by atoms with E-state index in [1.165, 1.54) is 44.9 Å². The van der Waals surface area contributed by atoms with Gasteiger partial charge in [-0.25, -0.2) is 0 Å². The van der Waals surface area contributed by atoms with Crippen molar-refractivity contribution in [3.05, 3.63) is 0 Å². The van der Waals surface area contributed by atoms with Crippen LogP contribution in [0.1, 0.15) is 57.8 Å². The predicted molar refractivity (Wildman–Crippen MR) is 93.1 cm³/mol. The second kappa shape index (κ2) is 9.71. The van der Waals surface area contributed by atoms with Crippen LogP contribution in [-0.4, -0.2) is 33.6 Å². The molecule has 0 aromatic heterocycles. The van der Waals surface area contributed by atoms with Crippen molar-refractivity contribution in [3.8, 4) is 0 Å². The number of carbonyl (C=O) groups is 1. The number of carboxylic acid groups (broad SMARTS) is 1. The Balaban J connectivity index is 1.58. The Bertz CT molecular complexity index is 318. The molecular formula is C18H34O3Si. The summed E-state index contributed by atoms with van der Waals surface area (Å²) in [7, 11) is 1.36. The van der Waals surface area contributed by atoms with E-state index >= 15 is 0 Å². The highest BCUT2D eigenvalue weighted by Crippen LogP contribution is 2.41. The minimum absolute atomic E-state index is 0.0472. The zero-order valence-corrected chi connectivity index (χ0v) is 15.4. The topological polar surface area (TPSA) is 46.5 Å². The highest BCUT2D eigenvalue weighted by Gasteiger charge is 2.32. The SMILES string of the molecule is COCCCCC[SiH]1CCC([C@H]2CC[C@H](C(=O)O)CC2)CC1. The molecule has 1 aliphatic carbocycles. The molecule has 0 radical (unpaired) electrons. The molecule has 1 aliphatic heterocycles. The van der Waals surface area contributed by atoms with E-state index in [0.29, 0.717) is 0 Å². The molecule has 3 nitrogen and oxygen atoms in total. The van der Waals surface area contributed by atoms with Crippen LogP contribution >= 0.6 is 0 Å². The maximum absolute atomic E-state index is 11.0. The fourth-order valence-electron chi connectivity index (χ4n) is 4.64. The van der Waals surface area contributed by atoms with Crippen molar-refractivity contribution >= 4 is 14.8 Å². The van der Waals surface area contributed by atoms with Crippen molar-refractivity contribution in [2.45, 2.75) is 75.9 Å². The first kappa shape index (κ1) is 18.0. The van der Waals surface area contributed by atoms with Gasteiger partial charge in [-0.1, -0.05) is 43.8 Å². The highest BCUT2D eigenvalue weighted by atomic mass is 28.3. The van der Waals surface area contributed by atoms with Gasteiger partial charge < -0.3 is 9.84 Å². The standard InChI is InChI=1S/C18H34O3Si/c1-21-11-3-2-4-12-22-13-9-16(10-14-22)15-5-7-17(8-6-15)18(19)20/h15-17,22H,2-14H2,1H3,(H,19,20)/t15-,16?,17-,22?. The van der Waals surface area contributed by atoms with Crippen molar-refractivity contribution in [2.24, 2.45) is 17.8 Å². The third-order valence-electron chi connectivity index (χ3n) is 6.14. The second-order valence-corrected chi connectivity index (χ2v) is 11.0. The summed E-state index contributed by atoms with van der Waals surface area (Å²) in [6.07, 6.45) is 11.1. The number of hydrogen-bond acceptors (Lipinski definition) is 2. The van der Waals surface area contributed by atoms with Crippen molar-refractivity contribution in [3.63, 3.8) is 0 Å². The zero-order chi connectivity index (χ0) is 15.8. The Kier molecular flexibility index (Phi) is 7.94. The quantitative estimate of drug-likeness (QED) is 0.533. The van der Waals surface area contributed by atoms with Crippen LogP contribution in [0.5, 0.6) is 0 Å². The lowest BCUT2D eigenvalue weighted by Crippen LogP contribution is -2.30. The summed E-state index contributed by atoms with van der Waals surface area (Å²) >= 11 is 0. The van der Waals surface area contributed by atoms with Crippen molar-refractivity contribution in [1.29, 1.82) is 0 Å². The molecule has 0 atom stereocenters. The Morgan fingerprint density at radius 2 is 1.64 bits per heavy atom. The Morgan fingerprint density at radius 1 is 1.00 bits per heavy atom. The van der Waals surface area contributed by atoms with Crippen molar-refractivity contribution < 1.29 is 14.6 Å². The first-order valence-corrected chi connectivity index (χ1v) is 11.9. The number of methoxy groups -OCH3 is 1. The Labute approximate surface area is 137 Å². The third kappa shape index (κ3) is 5.69. The van der Waals surface area contributed by atoms with Crippen molar-refractivity contribution in [2.75, 3.05) is 13.7 Å². The average molecular weight is 327 g/mol. The normalized spacial score (nSPS) is 32.8. The van der Waals surface area contributed by atoms with Gasteiger partial charge in [0.05, 0.1) is 5.92 Å². The maximum atomic E-state index is 11.0. The molecule has 2 rings (SSSR count). The van der Waals surface area contributed by atoms with E-state index in [4.69, 9.17) is 9.84 Å². The van der Waals surface area contributed by atoms with Crippen LogP contribution in [0.15, 0.2) is 0 Å². The van der Waals surface area contributed by atoms with E-state index in [2.05, 4.69) is 0 Å². The maximum Gasteiger partial charge on any atom is 0.306 e. The highest BCUT2D eigenvalue weighted by molar-refractivity contribution is 6.58. The van der Waals surface area contributed by atoms with Crippen LogP contribution in [0.4, 0.5) is 0 Å². The molecular weight excluding hydrogens is 292 g/mol. The van der Waals surface area contributed by atoms with E-state index in [1.54, 1.807) is 25.2 Å². The first-order chi connectivity index (χ1) is 10.7. The number of ether oxygens (including phenoxy) is 1. The second-order valence-electron chi connectivity index (χ2n) is 7.57. The van der Waals surface area contributed by atoms with E-state index in [0.717, 1.165) is 31.3 Å². The lowest BCUT2D eigenvalue weighted by Gasteiger charge is -2.36. The summed E-state index contributed by atoms with van der Waals surface area (Å²) in [6.45, 7) is 0.924. The average Bonchev–Trinajstić information content (AvgIpc) is 2.55. The van der Waals surface area contributed by atoms with Crippen LogP contribution in [0.2, 0.25) is 18.1 Å². The van der Waals surface area contributed by atoms with Gasteiger partial charge in [-0.15, -0.1) is 0 Å². The molecule has 1 N–H and O–H groups in total. The third-order valence-corrected chi connectivity index (χ3v) is 9.66. The van der Waals surface area contributed by atoms with E-state index in [-0.39, 0.29) is 5.92 Å². The first-order valence-electron chi connectivity index (χ1n) is 9.42. The largest absolute Gasteiger partial charge is 0.481 e. The molecule has 1 heterocycles. The summed E-state index contributed by atoms with van der Waals surface area (Å²) in [5.41, 5.74) is 0. The molecule has 0 unspecified atom stereocenters. The Morgan fingerprint density at radius 3 is 2.23 bits per heavy atom. The van der Waals surface area contributed by atoms with Gasteiger partial charge in [0.25, 0.3) is 0 Å². The molecule has 1 saturated carbocycles. The number of rotatable bonds is 8. The van der Waals surface area contributed by atoms with E-state index < -0.39 is 14.8 Å². The monoisotopic (exact) mass is 326 g/mol. The van der Waals surface area contributed by atoms with Gasteiger partial charge in [-0.05, 0) is 43.9 Å². The van der Waals surface area contributed by atoms with Gasteiger partial charge in [-0.3, -0.25) is 4.79 Å². The van der Waals surface area contributed by atoms with Gasteiger partial charge in [-0.2, -0.15) is 0 Å². The fraction of sp³-hybridized carbons (Fsp3) is 0.944. The van der Waals surface area contributed by atoms with Gasteiger partial charge in [0.1, 0.15) is 0 Å². The number of aliphatic carboxylic acids is 1. The molecule has 0 amide bonds. The lowest BCUT2D eigenvalue weighted by atomic mass is 9.74. The predicted octanol–water partition coefficient (Wildman–Crippen LogP) is 4.33. The molecule has 2 fully saturated rings. The number of unbranched alkanes of at least 4 members (excludes halogenated alkanes) is 2. The van der Waals surface area contributed by atoms with Gasteiger partial charge in [0.2, 0.25) is 0 Å². The van der Waals surface area contributed by atoms with Crippen molar-refractivity contribution in [1.82, 2.24) is 0 Å². The minimum atomic E-state index is -0.567. The molecule has 0 aromatic carbocycles. The molecule has 2 aliphatic rings. The molecule has 128 valence electrons. The summed E-state index contributed by atoms with van der Waals surface area (Å²) in [5.74, 6) is 1.15. The summed E-state index contributed by atoms with van der Waals surface area (Å²) in [5, 5.41) is 9.10. The summed E-state index contributed by atoms with van der Waals surface area (Å²) in [4.78, 5) is 11.0. The van der Waals surface area contributed by atoms with Crippen LogP contribution in [0.25, 0.3) is 0 Å². The minimum Gasteiger partial charge on any atom is -0.481 e. The molecule has 0 spiro atoms. The molecule has 0 bridgehead atoms. The summed E-state index contributed by atoms with van der Waals surface area (Å²) < 4.78 is 5.11. The summed E-state index contributed by atoms with van der Waals surface area (Å²) in [6, 6.07) is 4.64. The molecule has 1 saturated heterocycles. The van der Waals surface area contributed by atoms with Gasteiger partial charge in [0.15, 0.2) is 0 Å². The van der Waals surface area contributed by atoms with Crippen LogP contribution in [0, 0.1) is 17.8 Å². The Hall–Kier alpha value is -0.353. The number of carboxylic acids is 1. The lowest BCUT2D eigenvalue weighted by molar-refractivity contribution is -0.143. The van der Waals surface area contributed by atoms with E-state index in [1.807, 2.05) is 0 Å². The van der Waals surface area contributed by atoms with E-state index in [9.17, 15) is 4.79 Å². The van der Waals surface area contributed by atoms with Gasteiger partial charge >= 0.3 is 5.97 Å². The number of hydrogen-bond donors (Lipinski definition) is 1. The molecule has 4 heteroatoms. The fourth-order valence-corrected chi connectivity index (χ4v) is 8.17. The van der Waals surface area contributed by atoms with Crippen LogP contribution < -0.4 is 0 Å². The zero-order valence-electron chi connectivity index (χ0n) is 14.3. The smallest absolute Gasteiger partial charge is 0.306 e. The van der Waals surface area contributed by atoms with Crippen LogP contribution in [-0.2, 0) is 9.53 Å². The van der Waals surface area contributed by atoms with Crippen LogP contribution in [0.3, 0.4) is 0 Å². The van der Waals surface area contributed by atoms with Gasteiger partial charge in [0, 0.05) is 22.5 Å².